The molecule has 0 aliphatic carbocycles. The Morgan fingerprint density at radius 2 is 2.00 bits per heavy atom. The summed E-state index contributed by atoms with van der Waals surface area (Å²) in [5.74, 6) is 0. The van der Waals surface area contributed by atoms with Crippen LogP contribution in [0.5, 0.6) is 0 Å². The molecule has 80 valence electrons. The number of hydrogen-bond donors (Lipinski definition) is 0. The summed E-state index contributed by atoms with van der Waals surface area (Å²) >= 11 is 0. The van der Waals surface area contributed by atoms with Gasteiger partial charge in [-0.25, -0.2) is 4.79 Å². The maximum absolute atomic E-state index is 11.2. The van der Waals surface area contributed by atoms with E-state index in [-0.39, 0.29) is 5.63 Å². The van der Waals surface area contributed by atoms with Gasteiger partial charge in [0.05, 0.1) is 0 Å². The van der Waals surface area contributed by atoms with E-state index in [4.69, 9.17) is 9.95 Å². The molecule has 0 saturated heterocycles. The van der Waals surface area contributed by atoms with Crippen molar-refractivity contribution in [3.05, 3.63) is 50.2 Å². The van der Waals surface area contributed by atoms with Crippen LogP contribution in [0.4, 0.5) is 5.69 Å². The Morgan fingerprint density at radius 1 is 1.25 bits per heavy atom. The van der Waals surface area contributed by atoms with Gasteiger partial charge in [0.1, 0.15) is 5.58 Å². The largest absolute Gasteiger partial charge is 0.423 e. The van der Waals surface area contributed by atoms with Crippen LogP contribution < -0.4 is 5.63 Å². The van der Waals surface area contributed by atoms with Gasteiger partial charge in [0.25, 0.3) is 0 Å². The number of benzene rings is 1. The van der Waals surface area contributed by atoms with E-state index in [1.54, 1.807) is 19.1 Å². The maximum atomic E-state index is 11.2. The predicted molar refractivity (Wildman–Crippen MR) is 60.8 cm³/mol. The zero-order valence-corrected chi connectivity index (χ0v) is 8.89. The molecule has 0 spiro atoms. The van der Waals surface area contributed by atoms with Crippen LogP contribution >= 0.6 is 0 Å². The van der Waals surface area contributed by atoms with E-state index in [0.29, 0.717) is 11.3 Å². The first kappa shape index (κ1) is 10.3. The fourth-order valence-electron chi connectivity index (χ4n) is 1.61. The topological polar surface area (TPSA) is 79.0 Å². The van der Waals surface area contributed by atoms with Crippen LogP contribution in [0, 0.1) is 13.8 Å². The number of hydrogen-bond acceptors (Lipinski definition) is 3. The van der Waals surface area contributed by atoms with Crippen LogP contribution in [0.25, 0.3) is 21.4 Å². The van der Waals surface area contributed by atoms with Crippen molar-refractivity contribution in [2.45, 2.75) is 13.8 Å². The molecule has 0 radical (unpaired) electrons. The summed E-state index contributed by atoms with van der Waals surface area (Å²) in [6.45, 7) is 3.61. The summed E-state index contributed by atoms with van der Waals surface area (Å²) in [7, 11) is 0. The molecule has 2 aromatic rings. The third-order valence-electron chi connectivity index (χ3n) is 2.42. The molecular weight excluding hydrogens is 206 g/mol. The first-order valence-corrected chi connectivity index (χ1v) is 4.72. The summed E-state index contributed by atoms with van der Waals surface area (Å²) in [6, 6.07) is 4.84. The van der Waals surface area contributed by atoms with Crippen LogP contribution in [-0.4, -0.2) is 0 Å². The molecule has 0 bridgehead atoms. The van der Waals surface area contributed by atoms with E-state index < -0.39 is 0 Å². The molecule has 5 heteroatoms. The Hall–Kier alpha value is -2.26. The Morgan fingerprint density at radius 3 is 2.69 bits per heavy atom. The van der Waals surface area contributed by atoms with Crippen molar-refractivity contribution < 1.29 is 4.42 Å². The van der Waals surface area contributed by atoms with Crippen molar-refractivity contribution in [2.24, 2.45) is 5.11 Å². The molecule has 1 aromatic carbocycles. The second kappa shape index (κ2) is 3.72. The summed E-state index contributed by atoms with van der Waals surface area (Å²) in [5, 5.41) is 4.37. The highest BCUT2D eigenvalue weighted by molar-refractivity contribution is 5.84. The van der Waals surface area contributed by atoms with Crippen LogP contribution in [0.1, 0.15) is 11.1 Å². The van der Waals surface area contributed by atoms with Crippen LogP contribution in [0.2, 0.25) is 0 Å². The van der Waals surface area contributed by atoms with Crippen molar-refractivity contribution in [1.82, 2.24) is 0 Å². The minimum Gasteiger partial charge on any atom is -0.423 e. The summed E-state index contributed by atoms with van der Waals surface area (Å²) in [4.78, 5) is 13.9. The van der Waals surface area contributed by atoms with Gasteiger partial charge >= 0.3 is 5.63 Å². The average molecular weight is 215 g/mol. The van der Waals surface area contributed by atoms with Crippen LogP contribution in [-0.2, 0) is 0 Å². The zero-order chi connectivity index (χ0) is 11.7. The highest BCUT2D eigenvalue weighted by Crippen LogP contribution is 2.26. The summed E-state index contributed by atoms with van der Waals surface area (Å²) in [6.07, 6.45) is 0. The molecule has 1 aromatic heterocycles. The second-order valence-electron chi connectivity index (χ2n) is 3.57. The van der Waals surface area contributed by atoms with Gasteiger partial charge in [-0.3, -0.25) is 0 Å². The van der Waals surface area contributed by atoms with Gasteiger partial charge in [0.2, 0.25) is 0 Å². The van der Waals surface area contributed by atoms with Crippen molar-refractivity contribution in [2.75, 3.05) is 0 Å². The summed E-state index contributed by atoms with van der Waals surface area (Å²) in [5.41, 5.74) is 10.7. The third-order valence-corrected chi connectivity index (χ3v) is 2.42. The molecule has 0 saturated carbocycles. The predicted octanol–water partition coefficient (Wildman–Crippen LogP) is 3.35. The van der Waals surface area contributed by atoms with E-state index in [0.717, 1.165) is 16.5 Å². The van der Waals surface area contributed by atoms with E-state index in [1.165, 1.54) is 6.07 Å². The lowest BCUT2D eigenvalue weighted by molar-refractivity contribution is 0.559. The van der Waals surface area contributed by atoms with E-state index in [2.05, 4.69) is 10.0 Å². The SMILES string of the molecule is Cc1cc2oc(=O)cc(C)c2cc1N=[N+]=[N-]. The molecule has 0 aliphatic rings. The molecular formula is C11H9N3O2. The zero-order valence-electron chi connectivity index (χ0n) is 8.89. The molecule has 0 aliphatic heterocycles. The van der Waals surface area contributed by atoms with Gasteiger partial charge in [-0.05, 0) is 42.6 Å². The van der Waals surface area contributed by atoms with Gasteiger partial charge in [-0.1, -0.05) is 5.11 Å². The van der Waals surface area contributed by atoms with Gasteiger partial charge in [-0.2, -0.15) is 0 Å². The highest BCUT2D eigenvalue weighted by Gasteiger charge is 2.05. The van der Waals surface area contributed by atoms with Crippen LogP contribution in [0.3, 0.4) is 0 Å². The van der Waals surface area contributed by atoms with Gasteiger partial charge < -0.3 is 4.42 Å². The summed E-state index contributed by atoms with van der Waals surface area (Å²) < 4.78 is 5.07. The average Bonchev–Trinajstić information content (AvgIpc) is 2.20. The minimum absolute atomic E-state index is 0.374. The normalized spacial score (nSPS) is 10.1. The van der Waals surface area contributed by atoms with Gasteiger partial charge in [0.15, 0.2) is 0 Å². The smallest absolute Gasteiger partial charge is 0.336 e. The minimum atomic E-state index is -0.374. The van der Waals surface area contributed by atoms with E-state index in [1.807, 2.05) is 6.92 Å². The maximum Gasteiger partial charge on any atom is 0.336 e. The highest BCUT2D eigenvalue weighted by atomic mass is 16.4. The first-order valence-electron chi connectivity index (χ1n) is 4.72. The van der Waals surface area contributed by atoms with Crippen molar-refractivity contribution in [1.29, 1.82) is 0 Å². The van der Waals surface area contributed by atoms with Gasteiger partial charge in [-0.15, -0.1) is 0 Å². The number of azide groups is 1. The fourth-order valence-corrected chi connectivity index (χ4v) is 1.61. The molecule has 0 atom stereocenters. The molecule has 1 heterocycles. The van der Waals surface area contributed by atoms with E-state index in [9.17, 15) is 4.79 Å². The Balaban J connectivity index is 2.89. The Labute approximate surface area is 90.9 Å². The lowest BCUT2D eigenvalue weighted by Gasteiger charge is -2.04. The fraction of sp³-hybridized carbons (Fsp3) is 0.182. The standard InChI is InChI=1S/C11H9N3O2/c1-6-4-11(15)16-10-3-7(2)9(13-14-12)5-8(6)10/h3-5H,1-2H3. The van der Waals surface area contributed by atoms with Crippen molar-refractivity contribution >= 4 is 16.7 Å². The number of aryl methyl sites for hydroxylation is 2. The number of fused-ring (bicyclic) bond motifs is 1. The van der Waals surface area contributed by atoms with Crippen molar-refractivity contribution in [3.63, 3.8) is 0 Å². The Kier molecular flexibility index (Phi) is 2.38. The van der Waals surface area contributed by atoms with Crippen LogP contribution in [0.15, 0.2) is 32.5 Å². The molecule has 0 amide bonds. The molecule has 5 nitrogen and oxygen atoms in total. The molecule has 0 fully saturated rings. The third kappa shape index (κ3) is 1.64. The molecule has 0 N–H and O–H groups in total. The van der Waals surface area contributed by atoms with Gasteiger partial charge in [0, 0.05) is 22.1 Å². The van der Waals surface area contributed by atoms with Crippen molar-refractivity contribution in [3.8, 4) is 0 Å². The van der Waals surface area contributed by atoms with E-state index >= 15 is 0 Å². The number of rotatable bonds is 1. The Bertz CT molecular complexity index is 667. The number of nitrogens with zero attached hydrogens (tertiary/aromatic N) is 3. The molecule has 2 rings (SSSR count). The molecule has 0 unspecified atom stereocenters. The second-order valence-corrected chi connectivity index (χ2v) is 3.57. The lowest BCUT2D eigenvalue weighted by Crippen LogP contribution is -1.97. The monoisotopic (exact) mass is 215 g/mol. The quantitative estimate of drug-likeness (QED) is 0.316. The molecule has 16 heavy (non-hydrogen) atoms. The first-order chi connectivity index (χ1) is 7.61. The lowest BCUT2D eigenvalue weighted by atomic mass is 10.1.